The number of hydrogen-bond acceptors (Lipinski definition) is 6. The van der Waals surface area contributed by atoms with Crippen LogP contribution in [0.25, 0.3) is 11.4 Å². The first-order valence-corrected chi connectivity index (χ1v) is 10.4. The Labute approximate surface area is 175 Å². The highest BCUT2D eigenvalue weighted by Gasteiger charge is 2.15. The van der Waals surface area contributed by atoms with Crippen LogP contribution in [0.3, 0.4) is 0 Å². The Balaban J connectivity index is 1.66. The van der Waals surface area contributed by atoms with E-state index in [2.05, 4.69) is 31.4 Å². The molecule has 9 heteroatoms. The van der Waals surface area contributed by atoms with Crippen LogP contribution in [0.5, 0.6) is 5.75 Å². The predicted octanol–water partition coefficient (Wildman–Crippen LogP) is 3.86. The molecular weight excluding hydrogens is 442 g/mol. The third-order valence-corrected chi connectivity index (χ3v) is 5.40. The maximum absolute atomic E-state index is 12.3. The van der Waals surface area contributed by atoms with Crippen molar-refractivity contribution in [3.63, 3.8) is 0 Å². The van der Waals surface area contributed by atoms with Crippen molar-refractivity contribution in [1.29, 1.82) is 0 Å². The third-order valence-electron chi connectivity index (χ3n) is 3.80. The molecule has 0 fully saturated rings. The minimum atomic E-state index is -0.155. The van der Waals surface area contributed by atoms with E-state index in [-0.39, 0.29) is 11.7 Å². The van der Waals surface area contributed by atoms with Crippen LogP contribution in [0.1, 0.15) is 12.5 Å². The highest BCUT2D eigenvalue weighted by atomic mass is 79.9. The van der Waals surface area contributed by atoms with Crippen molar-refractivity contribution in [3.05, 3.63) is 52.5 Å². The van der Waals surface area contributed by atoms with Gasteiger partial charge in [0.15, 0.2) is 5.82 Å². The molecule has 0 unspecified atom stereocenters. The van der Waals surface area contributed by atoms with Gasteiger partial charge in [0.05, 0.1) is 18.0 Å². The van der Waals surface area contributed by atoms with Gasteiger partial charge in [-0.2, -0.15) is 0 Å². The van der Waals surface area contributed by atoms with E-state index >= 15 is 0 Å². The van der Waals surface area contributed by atoms with Crippen molar-refractivity contribution in [2.45, 2.75) is 19.0 Å². The molecule has 0 radical (unpaired) electrons. The Morgan fingerprint density at radius 2 is 2.11 bits per heavy atom. The van der Waals surface area contributed by atoms with Crippen LogP contribution in [0.15, 0.2) is 52.1 Å². The number of anilines is 1. The number of carbonyl (C=O) groups is 1. The van der Waals surface area contributed by atoms with Gasteiger partial charge in [-0.25, -0.2) is 4.68 Å². The van der Waals surface area contributed by atoms with Gasteiger partial charge in [-0.05, 0) is 59.6 Å². The summed E-state index contributed by atoms with van der Waals surface area (Å²) in [6.07, 6.45) is 0. The van der Waals surface area contributed by atoms with Crippen molar-refractivity contribution >= 4 is 39.3 Å². The summed E-state index contributed by atoms with van der Waals surface area (Å²) in [5.41, 5.74) is 2.62. The summed E-state index contributed by atoms with van der Waals surface area (Å²) >= 11 is 4.67. The maximum atomic E-state index is 12.3. The minimum absolute atomic E-state index is 0.155. The molecule has 3 aromatic rings. The van der Waals surface area contributed by atoms with Gasteiger partial charge in [0.25, 0.3) is 0 Å². The van der Waals surface area contributed by atoms with Crippen molar-refractivity contribution < 1.29 is 9.53 Å². The molecule has 1 amide bonds. The lowest BCUT2D eigenvalue weighted by Crippen LogP contribution is -2.16. The lowest BCUT2D eigenvalue weighted by Gasteiger charge is -2.08. The van der Waals surface area contributed by atoms with E-state index in [1.807, 2.05) is 56.3 Å². The molecule has 0 aliphatic heterocycles. The SMILES string of the molecule is CCOc1cccc(-c2nnc(SCC(=O)Nc3ccc(C)cc3Br)n2N)c1. The Morgan fingerprint density at radius 3 is 2.86 bits per heavy atom. The number of rotatable bonds is 7. The number of aryl methyl sites for hydroxylation is 1. The van der Waals surface area contributed by atoms with Gasteiger partial charge in [-0.15, -0.1) is 10.2 Å². The smallest absolute Gasteiger partial charge is 0.234 e. The van der Waals surface area contributed by atoms with Crippen molar-refractivity contribution in [1.82, 2.24) is 14.9 Å². The first kappa shape index (κ1) is 20.2. The molecule has 0 aliphatic rings. The van der Waals surface area contributed by atoms with E-state index in [4.69, 9.17) is 10.6 Å². The van der Waals surface area contributed by atoms with Crippen molar-refractivity contribution in [2.75, 3.05) is 23.5 Å². The van der Waals surface area contributed by atoms with Gasteiger partial charge in [0, 0.05) is 10.0 Å². The Bertz CT molecular complexity index is 992. The Kier molecular flexibility index (Phi) is 6.58. The molecule has 0 spiro atoms. The molecule has 146 valence electrons. The number of nitrogen functional groups attached to an aromatic ring is 1. The van der Waals surface area contributed by atoms with E-state index in [0.29, 0.717) is 17.6 Å². The molecule has 7 nitrogen and oxygen atoms in total. The first-order chi connectivity index (χ1) is 13.5. The van der Waals surface area contributed by atoms with E-state index in [1.165, 1.54) is 16.4 Å². The number of nitrogens with one attached hydrogen (secondary N) is 1. The fourth-order valence-electron chi connectivity index (χ4n) is 2.50. The van der Waals surface area contributed by atoms with Crippen LogP contribution in [-0.4, -0.2) is 33.1 Å². The van der Waals surface area contributed by atoms with Crippen LogP contribution in [-0.2, 0) is 4.79 Å². The van der Waals surface area contributed by atoms with Crippen LogP contribution in [0.4, 0.5) is 5.69 Å². The van der Waals surface area contributed by atoms with Crippen LogP contribution in [0, 0.1) is 6.92 Å². The van der Waals surface area contributed by atoms with Gasteiger partial charge in [-0.3, -0.25) is 4.79 Å². The second kappa shape index (κ2) is 9.11. The van der Waals surface area contributed by atoms with Gasteiger partial charge in [0.1, 0.15) is 5.75 Å². The Morgan fingerprint density at radius 1 is 1.29 bits per heavy atom. The standard InChI is InChI=1S/C19H20BrN5O2S/c1-3-27-14-6-4-5-13(10-14)18-23-24-19(25(18)21)28-11-17(26)22-16-8-7-12(2)9-15(16)20/h4-10H,3,11,21H2,1-2H3,(H,22,26). The fourth-order valence-corrected chi connectivity index (χ4v) is 3.75. The van der Waals surface area contributed by atoms with E-state index in [1.54, 1.807) is 0 Å². The average molecular weight is 462 g/mol. The number of nitrogens with two attached hydrogens (primary N) is 1. The molecule has 1 aromatic heterocycles. The quantitative estimate of drug-likeness (QED) is 0.409. The van der Waals surface area contributed by atoms with Gasteiger partial charge < -0.3 is 15.9 Å². The molecule has 3 N–H and O–H groups in total. The molecule has 0 saturated heterocycles. The topological polar surface area (TPSA) is 95.1 Å². The lowest BCUT2D eigenvalue weighted by atomic mass is 10.2. The van der Waals surface area contributed by atoms with E-state index in [9.17, 15) is 4.79 Å². The summed E-state index contributed by atoms with van der Waals surface area (Å²) in [5, 5.41) is 11.6. The van der Waals surface area contributed by atoms with Gasteiger partial charge in [0.2, 0.25) is 11.1 Å². The lowest BCUT2D eigenvalue weighted by molar-refractivity contribution is -0.113. The fraction of sp³-hybridized carbons (Fsp3) is 0.211. The number of hydrogen-bond donors (Lipinski definition) is 2. The molecule has 0 saturated carbocycles. The molecule has 0 aliphatic carbocycles. The summed E-state index contributed by atoms with van der Waals surface area (Å²) in [4.78, 5) is 12.3. The first-order valence-electron chi connectivity index (χ1n) is 8.60. The van der Waals surface area contributed by atoms with Crippen LogP contribution >= 0.6 is 27.7 Å². The maximum Gasteiger partial charge on any atom is 0.234 e. The summed E-state index contributed by atoms with van der Waals surface area (Å²) < 4.78 is 7.72. The largest absolute Gasteiger partial charge is 0.494 e. The summed E-state index contributed by atoms with van der Waals surface area (Å²) in [5.74, 6) is 7.38. The second-order valence-corrected chi connectivity index (χ2v) is 7.75. The molecule has 0 atom stereocenters. The van der Waals surface area contributed by atoms with Crippen LogP contribution < -0.4 is 15.9 Å². The molecule has 0 bridgehead atoms. The number of carbonyl (C=O) groups excluding carboxylic acids is 1. The number of amides is 1. The van der Waals surface area contributed by atoms with Gasteiger partial charge >= 0.3 is 0 Å². The highest BCUT2D eigenvalue weighted by Crippen LogP contribution is 2.26. The molecule has 1 heterocycles. The molecule has 3 rings (SSSR count). The molecule has 2 aromatic carbocycles. The zero-order valence-corrected chi connectivity index (χ0v) is 17.9. The zero-order valence-electron chi connectivity index (χ0n) is 15.5. The number of thioether (sulfide) groups is 1. The Hall–Kier alpha value is -2.52. The summed E-state index contributed by atoms with van der Waals surface area (Å²) in [6, 6.07) is 13.2. The minimum Gasteiger partial charge on any atom is -0.494 e. The molecular formula is C19H20BrN5O2S. The third kappa shape index (κ3) is 4.85. The summed E-state index contributed by atoms with van der Waals surface area (Å²) in [6.45, 7) is 4.49. The highest BCUT2D eigenvalue weighted by molar-refractivity contribution is 9.10. The van der Waals surface area contributed by atoms with Gasteiger partial charge in [-0.1, -0.05) is 30.0 Å². The number of aromatic nitrogens is 3. The number of benzene rings is 2. The normalized spacial score (nSPS) is 10.7. The number of nitrogens with zero attached hydrogens (tertiary/aromatic N) is 3. The van der Waals surface area contributed by atoms with Crippen LogP contribution in [0.2, 0.25) is 0 Å². The molecule has 28 heavy (non-hydrogen) atoms. The zero-order chi connectivity index (χ0) is 20.1. The van der Waals surface area contributed by atoms with Crippen molar-refractivity contribution in [2.24, 2.45) is 0 Å². The van der Waals surface area contributed by atoms with E-state index in [0.717, 1.165) is 27.0 Å². The second-order valence-electron chi connectivity index (χ2n) is 5.96. The number of halogens is 1. The average Bonchev–Trinajstić information content (AvgIpc) is 3.03. The monoisotopic (exact) mass is 461 g/mol. The number of ether oxygens (including phenoxy) is 1. The van der Waals surface area contributed by atoms with Crippen molar-refractivity contribution in [3.8, 4) is 17.1 Å². The van der Waals surface area contributed by atoms with E-state index < -0.39 is 0 Å². The summed E-state index contributed by atoms with van der Waals surface area (Å²) in [7, 11) is 0. The predicted molar refractivity (Wildman–Crippen MR) is 115 cm³/mol.